The van der Waals surface area contributed by atoms with Gasteiger partial charge in [0.25, 0.3) is 0 Å². The molecule has 0 aromatic rings. The summed E-state index contributed by atoms with van der Waals surface area (Å²) < 4.78 is 9.09. The number of methoxy groups -OCH3 is 2. The van der Waals surface area contributed by atoms with Gasteiger partial charge in [-0.15, -0.1) is 13.2 Å². The molecule has 106 valence electrons. The lowest BCUT2D eigenvalue weighted by Crippen LogP contribution is -1.99. The first-order valence-electron chi connectivity index (χ1n) is 6.34. The van der Waals surface area contributed by atoms with E-state index in [4.69, 9.17) is 0 Å². The van der Waals surface area contributed by atoms with Crippen LogP contribution in [0.1, 0.15) is 51.4 Å². The summed E-state index contributed by atoms with van der Waals surface area (Å²) in [5.74, 6) is -0.267. The van der Waals surface area contributed by atoms with Crippen molar-refractivity contribution in [1.29, 1.82) is 0 Å². The van der Waals surface area contributed by atoms with Crippen LogP contribution in [0.2, 0.25) is 0 Å². The Morgan fingerprint density at radius 1 is 0.722 bits per heavy atom. The molecule has 4 nitrogen and oxygen atoms in total. The molecule has 0 radical (unpaired) electrons. The van der Waals surface area contributed by atoms with E-state index in [2.05, 4.69) is 22.6 Å². The molecule has 0 amide bonds. The first-order chi connectivity index (χ1) is 8.70. The molecule has 0 unspecified atom stereocenters. The molecule has 0 saturated heterocycles. The molecule has 0 aliphatic heterocycles. The zero-order valence-corrected chi connectivity index (χ0v) is 11.7. The lowest BCUT2D eigenvalue weighted by Gasteiger charge is -2.01. The molecule has 0 rings (SSSR count). The van der Waals surface area contributed by atoms with Crippen LogP contribution in [-0.4, -0.2) is 26.2 Å². The van der Waals surface area contributed by atoms with Crippen molar-refractivity contribution in [2.45, 2.75) is 51.4 Å². The summed E-state index contributed by atoms with van der Waals surface area (Å²) in [7, 11) is 2.82. The van der Waals surface area contributed by atoms with Crippen molar-refractivity contribution < 1.29 is 19.1 Å². The molecule has 0 saturated carbocycles. The maximum Gasteiger partial charge on any atom is 0.305 e. The Morgan fingerprint density at radius 3 is 1.28 bits per heavy atom. The fourth-order valence-corrected chi connectivity index (χ4v) is 1.45. The maximum atomic E-state index is 10.8. The second kappa shape index (κ2) is 15.7. The monoisotopic (exact) mass is 258 g/mol. The normalized spacial score (nSPS) is 9.00. The minimum absolute atomic E-state index is 0.134. The highest BCUT2D eigenvalue weighted by molar-refractivity contribution is 5.69. The molecule has 0 atom stereocenters. The number of ether oxygens (including phenoxy) is 2. The van der Waals surface area contributed by atoms with Crippen LogP contribution in [0, 0.1) is 0 Å². The van der Waals surface area contributed by atoms with E-state index < -0.39 is 0 Å². The van der Waals surface area contributed by atoms with Crippen molar-refractivity contribution in [3.63, 3.8) is 0 Å². The van der Waals surface area contributed by atoms with Crippen LogP contribution in [0.25, 0.3) is 0 Å². The molecule has 18 heavy (non-hydrogen) atoms. The van der Waals surface area contributed by atoms with E-state index >= 15 is 0 Å². The minimum Gasteiger partial charge on any atom is -0.469 e. The van der Waals surface area contributed by atoms with Crippen LogP contribution in [0.5, 0.6) is 0 Å². The summed E-state index contributed by atoms with van der Waals surface area (Å²) in [5, 5.41) is 0. The fraction of sp³-hybridized carbons (Fsp3) is 0.714. The number of unbranched alkanes of at least 4 members (excludes halogenated alkanes) is 5. The average molecular weight is 258 g/mol. The fourth-order valence-electron chi connectivity index (χ4n) is 1.45. The predicted octanol–water partition coefficient (Wildman–Crippen LogP) is 3.26. The van der Waals surface area contributed by atoms with Gasteiger partial charge in [0.1, 0.15) is 0 Å². The Bertz CT molecular complexity index is 192. The lowest BCUT2D eigenvalue weighted by molar-refractivity contribution is -0.141. The molecule has 0 N–H and O–H groups in total. The SMILES string of the molecule is C=C.COC(=O)CCCCCCCCC(=O)OC. The Kier molecular flexibility index (Phi) is 16.6. The minimum atomic E-state index is -0.134. The third kappa shape index (κ3) is 14.7. The average Bonchev–Trinajstić information content (AvgIpc) is 2.43. The number of carbonyl (C=O) groups is 2. The molecule has 4 heteroatoms. The van der Waals surface area contributed by atoms with E-state index in [0.29, 0.717) is 12.8 Å². The standard InChI is InChI=1S/C12H22O4.C2H4/c1-15-11(13)9-7-5-3-4-6-8-10-12(14)16-2;1-2/h3-10H2,1-2H3;1-2H2. The van der Waals surface area contributed by atoms with E-state index in [-0.39, 0.29) is 11.9 Å². The van der Waals surface area contributed by atoms with E-state index in [0.717, 1.165) is 38.5 Å². The van der Waals surface area contributed by atoms with Crippen LogP contribution >= 0.6 is 0 Å². The third-order valence-corrected chi connectivity index (χ3v) is 2.47. The second-order valence-corrected chi connectivity index (χ2v) is 3.77. The Balaban J connectivity index is 0. The number of hydrogen-bond acceptors (Lipinski definition) is 4. The summed E-state index contributed by atoms with van der Waals surface area (Å²) >= 11 is 0. The van der Waals surface area contributed by atoms with E-state index in [1.54, 1.807) is 0 Å². The smallest absolute Gasteiger partial charge is 0.305 e. The van der Waals surface area contributed by atoms with Crippen molar-refractivity contribution in [3.8, 4) is 0 Å². The summed E-state index contributed by atoms with van der Waals surface area (Å²) in [5.41, 5.74) is 0. The zero-order chi connectivity index (χ0) is 14.2. The number of carbonyl (C=O) groups excluding carboxylic acids is 2. The molecular weight excluding hydrogens is 232 g/mol. The summed E-state index contributed by atoms with van der Waals surface area (Å²) in [6.07, 6.45) is 7.13. The first-order valence-corrected chi connectivity index (χ1v) is 6.34. The number of hydrogen-bond donors (Lipinski definition) is 0. The van der Waals surface area contributed by atoms with Crippen LogP contribution in [-0.2, 0) is 19.1 Å². The van der Waals surface area contributed by atoms with Gasteiger partial charge in [-0.1, -0.05) is 25.7 Å². The van der Waals surface area contributed by atoms with Crippen LogP contribution < -0.4 is 0 Å². The second-order valence-electron chi connectivity index (χ2n) is 3.77. The topological polar surface area (TPSA) is 52.6 Å². The molecule has 0 aliphatic rings. The highest BCUT2D eigenvalue weighted by atomic mass is 16.5. The van der Waals surface area contributed by atoms with Gasteiger partial charge in [-0.2, -0.15) is 0 Å². The Morgan fingerprint density at radius 2 is 1.00 bits per heavy atom. The van der Waals surface area contributed by atoms with Crippen LogP contribution in [0.3, 0.4) is 0 Å². The predicted molar refractivity (Wildman–Crippen MR) is 72.2 cm³/mol. The van der Waals surface area contributed by atoms with Gasteiger partial charge in [-0.3, -0.25) is 9.59 Å². The lowest BCUT2D eigenvalue weighted by atomic mass is 10.1. The molecule has 0 heterocycles. The highest BCUT2D eigenvalue weighted by Crippen LogP contribution is 2.09. The molecule has 0 aliphatic carbocycles. The van der Waals surface area contributed by atoms with Gasteiger partial charge in [0.15, 0.2) is 0 Å². The van der Waals surface area contributed by atoms with Crippen LogP contribution in [0.15, 0.2) is 13.2 Å². The third-order valence-electron chi connectivity index (χ3n) is 2.47. The van der Waals surface area contributed by atoms with E-state index in [1.165, 1.54) is 14.2 Å². The maximum absolute atomic E-state index is 10.8. The molecule has 0 aromatic carbocycles. The van der Waals surface area contributed by atoms with Gasteiger partial charge >= 0.3 is 11.9 Å². The molecule has 0 bridgehead atoms. The van der Waals surface area contributed by atoms with Crippen molar-refractivity contribution in [2.75, 3.05) is 14.2 Å². The van der Waals surface area contributed by atoms with Gasteiger partial charge in [-0.05, 0) is 12.8 Å². The summed E-state index contributed by atoms with van der Waals surface area (Å²) in [6, 6.07) is 0. The van der Waals surface area contributed by atoms with Gasteiger partial charge in [0, 0.05) is 12.8 Å². The Labute approximate surface area is 110 Å². The van der Waals surface area contributed by atoms with Crippen molar-refractivity contribution in [1.82, 2.24) is 0 Å². The number of esters is 2. The Hall–Kier alpha value is -1.32. The van der Waals surface area contributed by atoms with Gasteiger partial charge < -0.3 is 9.47 Å². The van der Waals surface area contributed by atoms with Gasteiger partial charge in [0.05, 0.1) is 14.2 Å². The molecule has 0 aromatic heterocycles. The van der Waals surface area contributed by atoms with Crippen LogP contribution in [0.4, 0.5) is 0 Å². The van der Waals surface area contributed by atoms with Crippen molar-refractivity contribution >= 4 is 11.9 Å². The van der Waals surface area contributed by atoms with Gasteiger partial charge in [0.2, 0.25) is 0 Å². The highest BCUT2D eigenvalue weighted by Gasteiger charge is 2.00. The van der Waals surface area contributed by atoms with Crippen molar-refractivity contribution in [3.05, 3.63) is 13.2 Å². The zero-order valence-electron chi connectivity index (χ0n) is 11.7. The van der Waals surface area contributed by atoms with Crippen molar-refractivity contribution in [2.24, 2.45) is 0 Å². The quantitative estimate of drug-likeness (QED) is 0.362. The molecule has 0 fully saturated rings. The molecule has 0 spiro atoms. The molecular formula is C14H26O4. The number of rotatable bonds is 9. The summed E-state index contributed by atoms with van der Waals surface area (Å²) in [6.45, 7) is 6.00. The summed E-state index contributed by atoms with van der Waals surface area (Å²) in [4.78, 5) is 21.6. The first kappa shape index (κ1) is 19.0. The van der Waals surface area contributed by atoms with E-state index in [1.807, 2.05) is 0 Å². The van der Waals surface area contributed by atoms with Gasteiger partial charge in [-0.25, -0.2) is 0 Å². The van der Waals surface area contributed by atoms with E-state index in [9.17, 15) is 9.59 Å². The largest absolute Gasteiger partial charge is 0.469 e.